The highest BCUT2D eigenvalue weighted by molar-refractivity contribution is 5.95. The number of rotatable bonds is 7. The Morgan fingerprint density at radius 1 is 1.00 bits per heavy atom. The lowest BCUT2D eigenvalue weighted by molar-refractivity contribution is 0.0528. The Hall–Kier alpha value is -3.67. The summed E-state index contributed by atoms with van der Waals surface area (Å²) in [7, 11) is 0. The molecule has 0 amide bonds. The lowest BCUT2D eigenvalue weighted by atomic mass is 9.84. The first-order valence-electron chi connectivity index (χ1n) is 12.1. The molecule has 34 heavy (non-hydrogen) atoms. The summed E-state index contributed by atoms with van der Waals surface area (Å²) >= 11 is 0. The van der Waals surface area contributed by atoms with Gasteiger partial charge < -0.3 is 9.47 Å². The van der Waals surface area contributed by atoms with Crippen LogP contribution in [0.15, 0.2) is 67.0 Å². The quantitative estimate of drug-likeness (QED) is 0.310. The normalized spacial score (nSPS) is 14.3. The van der Waals surface area contributed by atoms with Gasteiger partial charge in [-0.25, -0.2) is 14.3 Å². The summed E-state index contributed by atoms with van der Waals surface area (Å²) in [5, 5.41) is 4.59. The molecule has 0 spiro atoms. The number of ether oxygens (including phenoxy) is 2. The van der Waals surface area contributed by atoms with Gasteiger partial charge in [0.05, 0.1) is 18.5 Å². The van der Waals surface area contributed by atoms with Gasteiger partial charge in [-0.05, 0) is 43.0 Å². The van der Waals surface area contributed by atoms with E-state index >= 15 is 0 Å². The molecule has 0 atom stereocenters. The Balaban J connectivity index is 1.48. The van der Waals surface area contributed by atoms with Crippen LogP contribution >= 0.6 is 0 Å². The smallest absolute Gasteiger partial charge is 0.343 e. The lowest BCUT2D eigenvalue weighted by Crippen LogP contribution is -2.13. The van der Waals surface area contributed by atoms with Crippen LogP contribution in [0.2, 0.25) is 0 Å². The fourth-order valence-electron chi connectivity index (χ4n) is 4.76. The second kappa shape index (κ2) is 10.1. The Labute approximate surface area is 199 Å². The summed E-state index contributed by atoms with van der Waals surface area (Å²) in [5.41, 5.74) is 5.35. The number of esters is 1. The summed E-state index contributed by atoms with van der Waals surface area (Å²) in [6.45, 7) is 2.66. The maximum atomic E-state index is 12.4. The van der Waals surface area contributed by atoms with Gasteiger partial charge in [-0.1, -0.05) is 61.7 Å². The lowest BCUT2D eigenvalue weighted by Gasteiger charge is -2.25. The van der Waals surface area contributed by atoms with Crippen molar-refractivity contribution in [2.24, 2.45) is 0 Å². The first-order chi connectivity index (χ1) is 16.7. The van der Waals surface area contributed by atoms with Crippen molar-refractivity contribution < 1.29 is 14.3 Å². The monoisotopic (exact) mass is 455 g/mol. The second-order valence-corrected chi connectivity index (χ2v) is 8.70. The molecule has 0 radical (unpaired) electrons. The predicted octanol–water partition coefficient (Wildman–Crippen LogP) is 6.20. The highest BCUT2D eigenvalue weighted by atomic mass is 16.5. The van der Waals surface area contributed by atoms with Crippen LogP contribution in [0.4, 0.5) is 0 Å². The van der Waals surface area contributed by atoms with Gasteiger partial charge in [-0.15, -0.1) is 0 Å². The maximum Gasteiger partial charge on any atom is 0.343 e. The third-order valence-corrected chi connectivity index (χ3v) is 6.46. The van der Waals surface area contributed by atoms with E-state index in [0.29, 0.717) is 30.3 Å². The molecule has 2 aromatic carbocycles. The van der Waals surface area contributed by atoms with Gasteiger partial charge in [-0.2, -0.15) is 5.10 Å². The molecule has 0 bridgehead atoms. The van der Waals surface area contributed by atoms with Gasteiger partial charge in [0, 0.05) is 17.7 Å². The summed E-state index contributed by atoms with van der Waals surface area (Å²) in [6.07, 6.45) is 9.34. The predicted molar refractivity (Wildman–Crippen MR) is 131 cm³/mol. The molecule has 4 aromatic rings. The minimum atomic E-state index is -0.382. The van der Waals surface area contributed by atoms with Gasteiger partial charge >= 0.3 is 5.97 Å². The Morgan fingerprint density at radius 2 is 1.76 bits per heavy atom. The van der Waals surface area contributed by atoms with Gasteiger partial charge in [0.15, 0.2) is 5.65 Å². The molecule has 174 valence electrons. The highest BCUT2D eigenvalue weighted by Gasteiger charge is 2.26. The van der Waals surface area contributed by atoms with Gasteiger partial charge in [0.1, 0.15) is 17.9 Å². The summed E-state index contributed by atoms with van der Waals surface area (Å²) in [5.74, 6) is 0.815. The minimum absolute atomic E-state index is 0.322. The number of aromatic nitrogens is 3. The summed E-state index contributed by atoms with van der Waals surface area (Å²) in [6, 6.07) is 18.3. The minimum Gasteiger partial charge on any atom is -0.489 e. The Bertz CT molecular complexity index is 1260. The fraction of sp³-hybridized carbons (Fsp3) is 0.321. The number of nitrogens with zero attached hydrogens (tertiary/aromatic N) is 3. The molecule has 2 heterocycles. The maximum absolute atomic E-state index is 12.4. The van der Waals surface area contributed by atoms with Gasteiger partial charge in [0.25, 0.3) is 0 Å². The van der Waals surface area contributed by atoms with Crippen LogP contribution < -0.4 is 4.74 Å². The molecule has 0 saturated heterocycles. The van der Waals surface area contributed by atoms with Crippen LogP contribution in [0.5, 0.6) is 5.75 Å². The third kappa shape index (κ3) is 4.53. The van der Waals surface area contributed by atoms with Crippen LogP contribution in [0.1, 0.15) is 66.6 Å². The molecule has 1 aliphatic rings. The number of fused-ring (bicyclic) bond motifs is 1. The number of hydrogen-bond acceptors (Lipinski definition) is 5. The largest absolute Gasteiger partial charge is 0.489 e. The van der Waals surface area contributed by atoms with Crippen LogP contribution in [0, 0.1) is 0 Å². The zero-order valence-corrected chi connectivity index (χ0v) is 19.4. The zero-order chi connectivity index (χ0) is 23.3. The topological polar surface area (TPSA) is 65.7 Å². The van der Waals surface area contributed by atoms with Crippen LogP contribution in [0.25, 0.3) is 16.8 Å². The molecular weight excluding hydrogens is 426 g/mol. The zero-order valence-electron chi connectivity index (χ0n) is 19.4. The molecule has 1 aliphatic carbocycles. The molecule has 0 N–H and O–H groups in total. The van der Waals surface area contributed by atoms with Crippen molar-refractivity contribution in [1.29, 1.82) is 0 Å². The van der Waals surface area contributed by atoms with Crippen LogP contribution in [-0.4, -0.2) is 27.2 Å². The summed E-state index contributed by atoms with van der Waals surface area (Å²) in [4.78, 5) is 17.1. The van der Waals surface area contributed by atoms with E-state index in [2.05, 4.69) is 34.3 Å². The molecule has 0 unspecified atom stereocenters. The van der Waals surface area contributed by atoms with E-state index in [0.717, 1.165) is 41.0 Å². The van der Waals surface area contributed by atoms with Crippen molar-refractivity contribution in [3.8, 4) is 16.9 Å². The molecule has 2 aromatic heterocycles. The van der Waals surface area contributed by atoms with Crippen molar-refractivity contribution in [1.82, 2.24) is 14.6 Å². The van der Waals surface area contributed by atoms with E-state index in [1.54, 1.807) is 13.1 Å². The van der Waals surface area contributed by atoms with Crippen molar-refractivity contribution in [2.75, 3.05) is 6.61 Å². The van der Waals surface area contributed by atoms with E-state index in [1.807, 2.05) is 41.0 Å². The Kier molecular flexibility index (Phi) is 6.56. The van der Waals surface area contributed by atoms with Crippen molar-refractivity contribution in [2.45, 2.75) is 51.6 Å². The molecule has 1 fully saturated rings. The fourth-order valence-corrected chi connectivity index (χ4v) is 4.76. The molecule has 1 saturated carbocycles. The standard InChI is InChI=1S/C28H29N3O3/c1-2-33-28(32)25-18-30-31-26(22-11-7-4-8-12-22)24(17-29-27(25)31)21-13-15-23(16-14-21)34-19-20-9-5-3-6-10-20/h3,5-6,9-10,13-18,22H,2,4,7-8,11-12,19H2,1H3. The second-order valence-electron chi connectivity index (χ2n) is 8.70. The number of carbonyl (C=O) groups excluding carboxylic acids is 1. The van der Waals surface area contributed by atoms with Crippen molar-refractivity contribution in [3.05, 3.63) is 83.8 Å². The highest BCUT2D eigenvalue weighted by Crippen LogP contribution is 2.38. The van der Waals surface area contributed by atoms with Gasteiger partial charge in [-0.3, -0.25) is 0 Å². The van der Waals surface area contributed by atoms with E-state index < -0.39 is 0 Å². The van der Waals surface area contributed by atoms with Crippen LogP contribution in [-0.2, 0) is 11.3 Å². The third-order valence-electron chi connectivity index (χ3n) is 6.46. The van der Waals surface area contributed by atoms with E-state index in [1.165, 1.54) is 19.3 Å². The molecule has 6 heteroatoms. The molecule has 0 aliphatic heterocycles. The first-order valence-corrected chi connectivity index (χ1v) is 12.1. The number of hydrogen-bond donors (Lipinski definition) is 0. The average Bonchev–Trinajstić information content (AvgIpc) is 3.33. The Morgan fingerprint density at radius 3 is 2.50 bits per heavy atom. The number of benzene rings is 2. The van der Waals surface area contributed by atoms with E-state index in [-0.39, 0.29) is 5.97 Å². The summed E-state index contributed by atoms with van der Waals surface area (Å²) < 4.78 is 13.0. The number of carbonyl (C=O) groups is 1. The van der Waals surface area contributed by atoms with E-state index in [4.69, 9.17) is 9.47 Å². The molecule has 5 rings (SSSR count). The van der Waals surface area contributed by atoms with Crippen molar-refractivity contribution >= 4 is 11.6 Å². The first kappa shape index (κ1) is 22.1. The molecule has 6 nitrogen and oxygen atoms in total. The van der Waals surface area contributed by atoms with Gasteiger partial charge in [0.2, 0.25) is 0 Å². The van der Waals surface area contributed by atoms with Crippen molar-refractivity contribution in [3.63, 3.8) is 0 Å². The van der Waals surface area contributed by atoms with E-state index in [9.17, 15) is 4.79 Å². The SMILES string of the molecule is CCOC(=O)c1cnn2c(C3CCCCC3)c(-c3ccc(OCc4ccccc4)cc3)cnc12. The van der Waals surface area contributed by atoms with Crippen LogP contribution in [0.3, 0.4) is 0 Å². The molecular formula is C28H29N3O3. The average molecular weight is 456 g/mol.